The van der Waals surface area contributed by atoms with E-state index in [0.29, 0.717) is 0 Å². The molecule has 0 saturated carbocycles. The molecule has 1 rings (SSSR count). The van der Waals surface area contributed by atoms with Crippen molar-refractivity contribution in [2.45, 2.75) is 0 Å². The van der Waals surface area contributed by atoms with Gasteiger partial charge in [-0.15, -0.1) is 10.2 Å². The molecule has 1 aromatic heterocycles. The number of nitrogens with zero attached hydrogens (tertiary/aromatic N) is 2. The Kier molecular flexibility index (Phi) is 2.44. The van der Waals surface area contributed by atoms with Gasteiger partial charge in [0.25, 0.3) is 0 Å². The van der Waals surface area contributed by atoms with Gasteiger partial charge in [0.15, 0.2) is 10.9 Å². The van der Waals surface area contributed by atoms with E-state index in [1.54, 1.807) is 0 Å². The molecule has 0 unspecified atom stereocenters. The molecule has 1 N–H and O–H groups in total. The summed E-state index contributed by atoms with van der Waals surface area (Å²) in [6.45, 7) is 0. The molecule has 0 saturated heterocycles. The second-order valence-corrected chi connectivity index (χ2v) is 2.28. The lowest BCUT2D eigenvalue weighted by Crippen LogP contribution is -2.05. The lowest BCUT2D eigenvalue weighted by molar-refractivity contribution is 0.0685. The van der Waals surface area contributed by atoms with Gasteiger partial charge in [0, 0.05) is 6.07 Å². The van der Waals surface area contributed by atoms with Crippen LogP contribution in [0.2, 0.25) is 5.15 Å². The zero-order valence-electron chi connectivity index (χ0n) is 6.11. The summed E-state index contributed by atoms with van der Waals surface area (Å²) in [7, 11) is 1.33. The van der Waals surface area contributed by atoms with Gasteiger partial charge < -0.3 is 9.84 Å². The summed E-state index contributed by atoms with van der Waals surface area (Å²) in [5.74, 6) is -1.10. The Morgan fingerprint density at radius 3 is 2.83 bits per heavy atom. The van der Waals surface area contributed by atoms with Crippen LogP contribution >= 0.6 is 11.6 Å². The zero-order chi connectivity index (χ0) is 9.14. The molecule has 0 spiro atoms. The van der Waals surface area contributed by atoms with E-state index in [4.69, 9.17) is 21.4 Å². The third-order valence-corrected chi connectivity index (χ3v) is 1.34. The number of aromatic nitrogens is 2. The van der Waals surface area contributed by atoms with Crippen molar-refractivity contribution >= 4 is 17.6 Å². The van der Waals surface area contributed by atoms with E-state index in [0.717, 1.165) is 0 Å². The first-order chi connectivity index (χ1) is 5.65. The lowest BCUT2D eigenvalue weighted by Gasteiger charge is -2.01. The van der Waals surface area contributed by atoms with Crippen molar-refractivity contribution in [3.8, 4) is 5.75 Å². The van der Waals surface area contributed by atoms with Crippen LogP contribution in [-0.2, 0) is 0 Å². The van der Waals surface area contributed by atoms with Gasteiger partial charge in [-0.3, -0.25) is 0 Å². The summed E-state index contributed by atoms with van der Waals surface area (Å²) in [5.41, 5.74) is -0.248. The van der Waals surface area contributed by atoms with Crippen LogP contribution in [0.15, 0.2) is 6.07 Å². The molecule has 0 atom stereocenters. The summed E-state index contributed by atoms with van der Waals surface area (Å²) in [4.78, 5) is 10.5. The van der Waals surface area contributed by atoms with Crippen LogP contribution in [-0.4, -0.2) is 28.4 Å². The molecule has 0 aromatic carbocycles. The number of hydrogen-bond acceptors (Lipinski definition) is 4. The number of hydrogen-bond donors (Lipinski definition) is 1. The molecular weight excluding hydrogens is 184 g/mol. The van der Waals surface area contributed by atoms with Crippen LogP contribution in [0.5, 0.6) is 5.75 Å². The zero-order valence-corrected chi connectivity index (χ0v) is 6.87. The van der Waals surface area contributed by atoms with E-state index in [-0.39, 0.29) is 16.6 Å². The van der Waals surface area contributed by atoms with Crippen LogP contribution in [0.25, 0.3) is 0 Å². The van der Waals surface area contributed by atoms with E-state index in [1.807, 2.05) is 0 Å². The normalized spacial score (nSPS) is 9.50. The van der Waals surface area contributed by atoms with Crippen LogP contribution < -0.4 is 4.74 Å². The Hall–Kier alpha value is -1.36. The first-order valence-electron chi connectivity index (χ1n) is 2.95. The SMILES string of the molecule is COc1cc(Cl)nnc1C(=O)O. The van der Waals surface area contributed by atoms with Crippen LogP contribution in [0.4, 0.5) is 0 Å². The lowest BCUT2D eigenvalue weighted by atomic mass is 10.3. The standard InChI is InChI=1S/C6H5ClN2O3/c1-12-3-2-4(7)8-9-5(3)6(10)11/h2H,1H3,(H,10,11). The molecule has 64 valence electrons. The van der Waals surface area contributed by atoms with Crippen molar-refractivity contribution in [1.29, 1.82) is 0 Å². The number of ether oxygens (including phenoxy) is 1. The highest BCUT2D eigenvalue weighted by atomic mass is 35.5. The minimum Gasteiger partial charge on any atom is -0.494 e. The number of carbonyl (C=O) groups is 1. The minimum absolute atomic E-state index is 0.0943. The molecule has 1 aromatic rings. The van der Waals surface area contributed by atoms with Crippen LogP contribution in [0, 0.1) is 0 Å². The molecule has 6 heteroatoms. The van der Waals surface area contributed by atoms with Gasteiger partial charge in [-0.1, -0.05) is 11.6 Å². The fourth-order valence-electron chi connectivity index (χ4n) is 0.656. The van der Waals surface area contributed by atoms with Crippen molar-refractivity contribution in [2.75, 3.05) is 7.11 Å². The Morgan fingerprint density at radius 1 is 1.67 bits per heavy atom. The summed E-state index contributed by atoms with van der Waals surface area (Å²) >= 11 is 5.45. The summed E-state index contributed by atoms with van der Waals surface area (Å²) in [5, 5.41) is 15.4. The number of rotatable bonds is 2. The van der Waals surface area contributed by atoms with E-state index < -0.39 is 5.97 Å². The maximum absolute atomic E-state index is 10.5. The Bertz CT molecular complexity index is 316. The third kappa shape index (κ3) is 1.62. The number of carboxylic acid groups (broad SMARTS) is 1. The van der Waals surface area contributed by atoms with Crippen LogP contribution in [0.1, 0.15) is 10.5 Å². The van der Waals surface area contributed by atoms with Crippen molar-refractivity contribution in [3.05, 3.63) is 16.9 Å². The second-order valence-electron chi connectivity index (χ2n) is 1.89. The quantitative estimate of drug-likeness (QED) is 0.745. The fraction of sp³-hybridized carbons (Fsp3) is 0.167. The van der Waals surface area contributed by atoms with E-state index in [2.05, 4.69) is 10.2 Å². The number of halogens is 1. The molecule has 0 fully saturated rings. The van der Waals surface area contributed by atoms with Gasteiger partial charge in [-0.05, 0) is 0 Å². The number of carboxylic acids is 1. The van der Waals surface area contributed by atoms with E-state index in [9.17, 15) is 4.79 Å². The molecule has 5 nitrogen and oxygen atoms in total. The maximum Gasteiger partial charge on any atom is 0.360 e. The Balaban J connectivity index is 3.20. The molecule has 12 heavy (non-hydrogen) atoms. The smallest absolute Gasteiger partial charge is 0.360 e. The van der Waals surface area contributed by atoms with Gasteiger partial charge >= 0.3 is 5.97 Å². The Labute approximate surface area is 72.9 Å². The van der Waals surface area contributed by atoms with Gasteiger partial charge in [0.1, 0.15) is 0 Å². The first-order valence-corrected chi connectivity index (χ1v) is 3.33. The minimum atomic E-state index is -1.20. The highest BCUT2D eigenvalue weighted by Crippen LogP contribution is 2.17. The molecule has 0 amide bonds. The van der Waals surface area contributed by atoms with Crippen molar-refractivity contribution in [1.82, 2.24) is 10.2 Å². The predicted molar refractivity (Wildman–Crippen MR) is 40.6 cm³/mol. The molecular formula is C6H5ClN2O3. The van der Waals surface area contributed by atoms with Crippen molar-refractivity contribution in [3.63, 3.8) is 0 Å². The highest BCUT2D eigenvalue weighted by molar-refractivity contribution is 6.29. The molecule has 0 bridgehead atoms. The fourth-order valence-corrected chi connectivity index (χ4v) is 0.793. The van der Waals surface area contributed by atoms with Gasteiger partial charge in [0.05, 0.1) is 7.11 Å². The summed E-state index contributed by atoms with van der Waals surface area (Å²) in [6.07, 6.45) is 0. The average Bonchev–Trinajstić information content (AvgIpc) is 2.03. The van der Waals surface area contributed by atoms with E-state index >= 15 is 0 Å². The predicted octanol–water partition coefficient (Wildman–Crippen LogP) is 0.837. The van der Waals surface area contributed by atoms with Gasteiger partial charge in [0.2, 0.25) is 5.69 Å². The first kappa shape index (κ1) is 8.73. The van der Waals surface area contributed by atoms with Crippen molar-refractivity contribution < 1.29 is 14.6 Å². The molecule has 0 radical (unpaired) electrons. The third-order valence-electron chi connectivity index (χ3n) is 1.15. The van der Waals surface area contributed by atoms with Gasteiger partial charge in [-0.2, -0.15) is 0 Å². The molecule has 0 aliphatic heterocycles. The monoisotopic (exact) mass is 188 g/mol. The van der Waals surface area contributed by atoms with Crippen LogP contribution in [0.3, 0.4) is 0 Å². The maximum atomic E-state index is 10.5. The molecule has 0 aliphatic carbocycles. The summed E-state index contributed by atoms with van der Waals surface area (Å²) < 4.78 is 4.72. The van der Waals surface area contributed by atoms with Gasteiger partial charge in [-0.25, -0.2) is 4.79 Å². The molecule has 0 aliphatic rings. The number of aromatic carboxylic acids is 1. The topological polar surface area (TPSA) is 72.3 Å². The Morgan fingerprint density at radius 2 is 2.33 bits per heavy atom. The number of methoxy groups -OCH3 is 1. The highest BCUT2D eigenvalue weighted by Gasteiger charge is 2.13. The van der Waals surface area contributed by atoms with Crippen molar-refractivity contribution in [2.24, 2.45) is 0 Å². The summed E-state index contributed by atoms with van der Waals surface area (Å²) in [6, 6.07) is 1.29. The average molecular weight is 189 g/mol. The largest absolute Gasteiger partial charge is 0.494 e. The second kappa shape index (κ2) is 3.36. The molecule has 1 heterocycles. The van der Waals surface area contributed by atoms with E-state index in [1.165, 1.54) is 13.2 Å².